The zero-order chi connectivity index (χ0) is 10.6. The van der Waals surface area contributed by atoms with Gasteiger partial charge in [0, 0.05) is 25.7 Å². The summed E-state index contributed by atoms with van der Waals surface area (Å²) in [6, 6.07) is 0.214. The molecule has 2 atom stereocenters. The van der Waals surface area contributed by atoms with E-state index in [1.54, 1.807) is 0 Å². The third-order valence-corrected chi connectivity index (χ3v) is 2.85. The normalized spacial score (nSPS) is 26.8. The van der Waals surface area contributed by atoms with Crippen LogP contribution >= 0.6 is 0 Å². The highest BCUT2D eigenvalue weighted by atomic mass is 16.5. The number of ether oxygens (including phenoxy) is 1. The summed E-state index contributed by atoms with van der Waals surface area (Å²) < 4.78 is 5.65. The zero-order valence-corrected chi connectivity index (χ0v) is 9.44. The first-order chi connectivity index (χ1) is 6.63. The fourth-order valence-electron chi connectivity index (χ4n) is 1.62. The standard InChI is InChI=1S/C10H22N2O2/c1-9(8-13)12(3)7-10-6-11(2)4-5-14-10/h9-10,13H,4-8H2,1-3H3. The Labute approximate surface area is 86.4 Å². The molecule has 0 saturated carbocycles. The van der Waals surface area contributed by atoms with Crippen molar-refractivity contribution in [2.45, 2.75) is 19.1 Å². The largest absolute Gasteiger partial charge is 0.395 e. The highest BCUT2D eigenvalue weighted by Crippen LogP contribution is 2.06. The summed E-state index contributed by atoms with van der Waals surface area (Å²) in [5, 5.41) is 8.99. The Hall–Kier alpha value is -0.160. The molecule has 1 aliphatic rings. The van der Waals surface area contributed by atoms with Gasteiger partial charge in [0.05, 0.1) is 19.3 Å². The molecule has 84 valence electrons. The second-order valence-electron chi connectivity index (χ2n) is 4.23. The van der Waals surface area contributed by atoms with Crippen LogP contribution in [0, 0.1) is 0 Å². The second kappa shape index (κ2) is 5.66. The molecule has 14 heavy (non-hydrogen) atoms. The number of nitrogens with zero attached hydrogens (tertiary/aromatic N) is 2. The summed E-state index contributed by atoms with van der Waals surface area (Å²) in [5.74, 6) is 0. The van der Waals surface area contributed by atoms with E-state index in [9.17, 15) is 0 Å². The van der Waals surface area contributed by atoms with Crippen LogP contribution in [-0.2, 0) is 4.74 Å². The number of likely N-dealkylation sites (N-methyl/N-ethyl adjacent to an activating group) is 2. The molecule has 0 bridgehead atoms. The van der Waals surface area contributed by atoms with Gasteiger partial charge in [-0.15, -0.1) is 0 Å². The molecule has 4 heteroatoms. The molecule has 0 spiro atoms. The number of rotatable bonds is 4. The first kappa shape index (κ1) is 11.9. The molecule has 4 nitrogen and oxygen atoms in total. The van der Waals surface area contributed by atoms with E-state index in [-0.39, 0.29) is 18.8 Å². The SMILES string of the molecule is CC(CO)N(C)CC1CN(C)CCO1. The van der Waals surface area contributed by atoms with Crippen LogP contribution in [-0.4, -0.2) is 74.0 Å². The summed E-state index contributed by atoms with van der Waals surface area (Å²) in [6.45, 7) is 5.96. The number of hydrogen-bond acceptors (Lipinski definition) is 4. The molecule has 0 aliphatic carbocycles. The van der Waals surface area contributed by atoms with Crippen molar-refractivity contribution in [3.8, 4) is 0 Å². The molecule has 1 heterocycles. The van der Waals surface area contributed by atoms with Crippen LogP contribution < -0.4 is 0 Å². The predicted octanol–water partition coefficient (Wildman–Crippen LogP) is -0.370. The number of morpholine rings is 1. The van der Waals surface area contributed by atoms with Gasteiger partial charge in [-0.1, -0.05) is 0 Å². The molecule has 0 aromatic heterocycles. The molecule has 1 fully saturated rings. The van der Waals surface area contributed by atoms with Gasteiger partial charge >= 0.3 is 0 Å². The third-order valence-electron chi connectivity index (χ3n) is 2.85. The summed E-state index contributed by atoms with van der Waals surface area (Å²) in [5.41, 5.74) is 0. The molecule has 1 saturated heterocycles. The Morgan fingerprint density at radius 1 is 1.64 bits per heavy atom. The Kier molecular flexibility index (Phi) is 4.81. The smallest absolute Gasteiger partial charge is 0.0829 e. The van der Waals surface area contributed by atoms with E-state index < -0.39 is 0 Å². The van der Waals surface area contributed by atoms with Gasteiger partial charge in [-0.25, -0.2) is 0 Å². The summed E-state index contributed by atoms with van der Waals surface area (Å²) in [7, 11) is 4.14. The van der Waals surface area contributed by atoms with Crippen LogP contribution in [0.2, 0.25) is 0 Å². The van der Waals surface area contributed by atoms with E-state index in [0.717, 1.165) is 26.2 Å². The number of aliphatic hydroxyl groups is 1. The van der Waals surface area contributed by atoms with Crippen LogP contribution in [0.4, 0.5) is 0 Å². The highest BCUT2D eigenvalue weighted by Gasteiger charge is 2.20. The molecule has 0 aromatic rings. The maximum Gasteiger partial charge on any atom is 0.0829 e. The molecule has 0 amide bonds. The van der Waals surface area contributed by atoms with Gasteiger partial charge in [0.25, 0.3) is 0 Å². The van der Waals surface area contributed by atoms with Gasteiger partial charge in [-0.2, -0.15) is 0 Å². The molecule has 0 radical (unpaired) electrons. The van der Waals surface area contributed by atoms with Crippen molar-refractivity contribution in [3.05, 3.63) is 0 Å². The molecule has 1 rings (SSSR count). The lowest BCUT2D eigenvalue weighted by Crippen LogP contribution is -2.47. The van der Waals surface area contributed by atoms with E-state index >= 15 is 0 Å². The molecular weight excluding hydrogens is 180 g/mol. The average Bonchev–Trinajstić information content (AvgIpc) is 2.16. The van der Waals surface area contributed by atoms with E-state index in [1.165, 1.54) is 0 Å². The van der Waals surface area contributed by atoms with Crippen molar-refractivity contribution >= 4 is 0 Å². The molecule has 0 aromatic carbocycles. The average molecular weight is 202 g/mol. The quantitative estimate of drug-likeness (QED) is 0.675. The Bertz CT molecular complexity index is 166. The van der Waals surface area contributed by atoms with Crippen molar-refractivity contribution in [2.24, 2.45) is 0 Å². The highest BCUT2D eigenvalue weighted by molar-refractivity contribution is 4.73. The summed E-state index contributed by atoms with van der Waals surface area (Å²) >= 11 is 0. The van der Waals surface area contributed by atoms with Crippen molar-refractivity contribution in [1.82, 2.24) is 9.80 Å². The Morgan fingerprint density at radius 3 is 2.93 bits per heavy atom. The van der Waals surface area contributed by atoms with Crippen molar-refractivity contribution in [1.29, 1.82) is 0 Å². The minimum Gasteiger partial charge on any atom is -0.395 e. The first-order valence-corrected chi connectivity index (χ1v) is 5.24. The van der Waals surface area contributed by atoms with Crippen LogP contribution in [0.1, 0.15) is 6.92 Å². The van der Waals surface area contributed by atoms with Gasteiger partial charge in [-0.05, 0) is 21.0 Å². The number of aliphatic hydroxyl groups excluding tert-OH is 1. The van der Waals surface area contributed by atoms with Crippen molar-refractivity contribution in [2.75, 3.05) is 46.9 Å². The summed E-state index contributed by atoms with van der Waals surface area (Å²) in [4.78, 5) is 4.43. The topological polar surface area (TPSA) is 35.9 Å². The van der Waals surface area contributed by atoms with E-state index in [4.69, 9.17) is 9.84 Å². The zero-order valence-electron chi connectivity index (χ0n) is 9.44. The monoisotopic (exact) mass is 202 g/mol. The summed E-state index contributed by atoms with van der Waals surface area (Å²) in [6.07, 6.45) is 0.285. The Morgan fingerprint density at radius 2 is 2.36 bits per heavy atom. The Balaban J connectivity index is 2.28. The lowest BCUT2D eigenvalue weighted by atomic mass is 10.2. The molecule has 1 N–H and O–H groups in total. The molecular formula is C10H22N2O2. The van der Waals surface area contributed by atoms with Crippen LogP contribution in [0.3, 0.4) is 0 Å². The van der Waals surface area contributed by atoms with Crippen molar-refractivity contribution in [3.63, 3.8) is 0 Å². The lowest BCUT2D eigenvalue weighted by Gasteiger charge is -2.34. The lowest BCUT2D eigenvalue weighted by molar-refractivity contribution is -0.0389. The molecule has 2 unspecified atom stereocenters. The first-order valence-electron chi connectivity index (χ1n) is 5.24. The maximum absolute atomic E-state index is 8.99. The van der Waals surface area contributed by atoms with Crippen molar-refractivity contribution < 1.29 is 9.84 Å². The van der Waals surface area contributed by atoms with Gasteiger partial charge in [0.1, 0.15) is 0 Å². The van der Waals surface area contributed by atoms with Gasteiger partial charge < -0.3 is 14.7 Å². The van der Waals surface area contributed by atoms with E-state index in [0.29, 0.717) is 0 Å². The fourth-order valence-corrected chi connectivity index (χ4v) is 1.62. The third kappa shape index (κ3) is 3.53. The fraction of sp³-hybridized carbons (Fsp3) is 1.00. The van der Waals surface area contributed by atoms with Gasteiger partial charge in [0.2, 0.25) is 0 Å². The van der Waals surface area contributed by atoms with E-state index in [1.807, 2.05) is 14.0 Å². The van der Waals surface area contributed by atoms with Crippen LogP contribution in [0.25, 0.3) is 0 Å². The van der Waals surface area contributed by atoms with Crippen LogP contribution in [0.15, 0.2) is 0 Å². The minimum atomic E-state index is 0.207. The predicted molar refractivity (Wildman–Crippen MR) is 56.4 cm³/mol. The number of hydrogen-bond donors (Lipinski definition) is 1. The second-order valence-corrected chi connectivity index (χ2v) is 4.23. The maximum atomic E-state index is 8.99. The molecule has 1 aliphatic heterocycles. The van der Waals surface area contributed by atoms with Gasteiger partial charge in [-0.3, -0.25) is 4.90 Å². The minimum absolute atomic E-state index is 0.207. The van der Waals surface area contributed by atoms with Crippen LogP contribution in [0.5, 0.6) is 0 Å². The van der Waals surface area contributed by atoms with Gasteiger partial charge in [0.15, 0.2) is 0 Å². The van der Waals surface area contributed by atoms with E-state index in [2.05, 4.69) is 16.8 Å².